The molecule has 0 bridgehead atoms. The number of imide groups is 1. The summed E-state index contributed by atoms with van der Waals surface area (Å²) in [5.41, 5.74) is 7.19. The van der Waals surface area contributed by atoms with Gasteiger partial charge in [-0.1, -0.05) is 35.4 Å². The fourth-order valence-corrected chi connectivity index (χ4v) is 5.64. The molecule has 4 amide bonds. The van der Waals surface area contributed by atoms with Crippen LogP contribution in [0.4, 0.5) is 11.4 Å². The van der Waals surface area contributed by atoms with Crippen LogP contribution in [0.3, 0.4) is 0 Å². The summed E-state index contributed by atoms with van der Waals surface area (Å²) in [5, 5.41) is 6.65. The highest BCUT2D eigenvalue weighted by Crippen LogP contribution is 2.55. The van der Waals surface area contributed by atoms with Gasteiger partial charge >= 0.3 is 0 Å². The van der Waals surface area contributed by atoms with Crippen LogP contribution in [-0.2, 0) is 24.7 Å². The van der Waals surface area contributed by atoms with Gasteiger partial charge in [-0.05, 0) is 44.0 Å². The van der Waals surface area contributed by atoms with Gasteiger partial charge in [-0.3, -0.25) is 24.5 Å². The zero-order valence-corrected chi connectivity index (χ0v) is 18.9. The van der Waals surface area contributed by atoms with Gasteiger partial charge in [0.05, 0.1) is 23.2 Å². The van der Waals surface area contributed by atoms with Crippen molar-refractivity contribution in [3.63, 3.8) is 0 Å². The Hall–Kier alpha value is -3.23. The number of anilines is 2. The van der Waals surface area contributed by atoms with Crippen molar-refractivity contribution in [1.29, 1.82) is 0 Å². The van der Waals surface area contributed by atoms with E-state index in [0.29, 0.717) is 27.5 Å². The minimum absolute atomic E-state index is 0.0249. The lowest BCUT2D eigenvalue weighted by atomic mass is 9.76. The Morgan fingerprint density at radius 3 is 2.45 bits per heavy atom. The molecule has 2 saturated heterocycles. The number of fused-ring (bicyclic) bond motifs is 4. The number of amides is 4. The fourth-order valence-electron chi connectivity index (χ4n) is 5.48. The quantitative estimate of drug-likeness (QED) is 0.596. The van der Waals surface area contributed by atoms with Crippen molar-refractivity contribution in [2.24, 2.45) is 17.6 Å². The second kappa shape index (κ2) is 7.40. The van der Waals surface area contributed by atoms with E-state index in [1.807, 2.05) is 19.1 Å². The van der Waals surface area contributed by atoms with Crippen LogP contribution in [0.2, 0.25) is 5.02 Å². The van der Waals surface area contributed by atoms with Gasteiger partial charge in [-0.15, -0.1) is 0 Å². The Labute approximate surface area is 195 Å². The molecular weight excluding hydrogens is 444 g/mol. The van der Waals surface area contributed by atoms with E-state index in [2.05, 4.69) is 10.6 Å². The highest BCUT2D eigenvalue weighted by molar-refractivity contribution is 6.32. The maximum absolute atomic E-state index is 13.8. The van der Waals surface area contributed by atoms with Gasteiger partial charge in [0, 0.05) is 23.0 Å². The minimum Gasteiger partial charge on any atom is -0.370 e. The maximum atomic E-state index is 13.8. The molecule has 0 saturated carbocycles. The molecule has 0 radical (unpaired) electrons. The van der Waals surface area contributed by atoms with Crippen molar-refractivity contribution in [2.75, 3.05) is 10.2 Å². The number of primary amides is 1. The molecule has 2 aromatic carbocycles. The van der Waals surface area contributed by atoms with Crippen LogP contribution >= 0.6 is 11.6 Å². The Kier molecular flexibility index (Phi) is 4.84. The van der Waals surface area contributed by atoms with Crippen LogP contribution in [-0.4, -0.2) is 29.7 Å². The van der Waals surface area contributed by atoms with E-state index in [1.54, 1.807) is 31.2 Å². The molecule has 4 atom stereocenters. The number of hydrogen-bond donors (Lipinski definition) is 3. The predicted molar refractivity (Wildman–Crippen MR) is 123 cm³/mol. The van der Waals surface area contributed by atoms with Crippen molar-refractivity contribution >= 4 is 46.6 Å². The largest absolute Gasteiger partial charge is 0.370 e. The molecule has 170 valence electrons. The molecule has 2 fully saturated rings. The van der Waals surface area contributed by atoms with Gasteiger partial charge in [-0.2, -0.15) is 0 Å². The molecule has 0 unspecified atom stereocenters. The van der Waals surface area contributed by atoms with E-state index < -0.39 is 41.1 Å². The number of nitrogens with zero attached hydrogens (tertiary/aromatic N) is 1. The Balaban J connectivity index is 1.66. The standard InChI is InChI=1S/C24H23ClN4O4/c1-11-3-5-13(6-4-11)29-21(31)18-16(9-10-17(26)30)28-24(19(18)22(29)32)14-7-8-15(25)12(2)20(14)27-23(24)33/h3-8,16,18-19,28H,9-10H2,1-2H3,(H2,26,30)(H,27,33)/t16-,18-,19-,24-/m0/s1. The summed E-state index contributed by atoms with van der Waals surface area (Å²) < 4.78 is 0. The lowest BCUT2D eigenvalue weighted by Crippen LogP contribution is -2.53. The van der Waals surface area contributed by atoms with Crippen molar-refractivity contribution in [3.05, 3.63) is 58.1 Å². The Morgan fingerprint density at radius 2 is 1.79 bits per heavy atom. The monoisotopic (exact) mass is 466 g/mol. The SMILES string of the molecule is Cc1ccc(N2C(=O)[C@H]3[C@H](CCC(N)=O)N[C@]4(C(=O)Nc5c4ccc(Cl)c5C)[C@@H]3C2=O)cc1. The smallest absolute Gasteiger partial charge is 0.250 e. The van der Waals surface area contributed by atoms with Gasteiger partial charge < -0.3 is 11.1 Å². The highest BCUT2D eigenvalue weighted by atomic mass is 35.5. The van der Waals surface area contributed by atoms with Crippen molar-refractivity contribution in [1.82, 2.24) is 5.32 Å². The lowest BCUT2D eigenvalue weighted by molar-refractivity contribution is -0.130. The molecule has 3 aliphatic heterocycles. The van der Waals surface area contributed by atoms with Crippen LogP contribution in [0.15, 0.2) is 36.4 Å². The number of rotatable bonds is 4. The maximum Gasteiger partial charge on any atom is 0.250 e. The average Bonchev–Trinajstić information content (AvgIpc) is 3.35. The van der Waals surface area contributed by atoms with Gasteiger partial charge in [-0.25, -0.2) is 4.90 Å². The molecule has 8 nitrogen and oxygen atoms in total. The van der Waals surface area contributed by atoms with Crippen molar-refractivity contribution in [3.8, 4) is 0 Å². The third-order valence-corrected chi connectivity index (χ3v) is 7.49. The third-order valence-electron chi connectivity index (χ3n) is 7.08. The molecule has 33 heavy (non-hydrogen) atoms. The predicted octanol–water partition coefficient (Wildman–Crippen LogP) is 2.15. The average molecular weight is 467 g/mol. The fraction of sp³-hybridized carbons (Fsp3) is 0.333. The summed E-state index contributed by atoms with van der Waals surface area (Å²) in [6.07, 6.45) is 0.255. The number of nitrogens with two attached hydrogens (primary N) is 1. The van der Waals surface area contributed by atoms with E-state index >= 15 is 0 Å². The summed E-state index contributed by atoms with van der Waals surface area (Å²) in [6.45, 7) is 3.70. The molecule has 3 heterocycles. The first-order valence-corrected chi connectivity index (χ1v) is 11.2. The second-order valence-electron chi connectivity index (χ2n) is 8.96. The third kappa shape index (κ3) is 2.94. The van der Waals surface area contributed by atoms with Crippen LogP contribution < -0.4 is 21.3 Å². The number of benzene rings is 2. The summed E-state index contributed by atoms with van der Waals surface area (Å²) in [6, 6.07) is 9.91. The number of aryl methyl sites for hydroxylation is 1. The molecule has 1 spiro atoms. The number of hydrogen-bond acceptors (Lipinski definition) is 5. The van der Waals surface area contributed by atoms with Gasteiger partial charge in [0.15, 0.2) is 0 Å². The first kappa shape index (κ1) is 21.6. The first-order valence-electron chi connectivity index (χ1n) is 10.8. The summed E-state index contributed by atoms with van der Waals surface area (Å²) in [5.74, 6) is -3.54. The summed E-state index contributed by atoms with van der Waals surface area (Å²) in [4.78, 5) is 53.6. The van der Waals surface area contributed by atoms with Crippen LogP contribution in [0.1, 0.15) is 29.5 Å². The molecule has 9 heteroatoms. The van der Waals surface area contributed by atoms with Gasteiger partial charge in [0.1, 0.15) is 5.54 Å². The van der Waals surface area contributed by atoms with Crippen LogP contribution in [0.25, 0.3) is 0 Å². The zero-order valence-electron chi connectivity index (χ0n) is 18.1. The molecule has 5 rings (SSSR count). The van der Waals surface area contributed by atoms with Gasteiger partial charge in [0.2, 0.25) is 23.6 Å². The molecule has 0 aliphatic carbocycles. The van der Waals surface area contributed by atoms with Crippen molar-refractivity contribution in [2.45, 2.75) is 38.3 Å². The number of carbonyl (C=O) groups is 4. The molecule has 2 aromatic rings. The number of halogens is 1. The number of nitrogens with one attached hydrogen (secondary N) is 2. The van der Waals surface area contributed by atoms with Gasteiger partial charge in [0.25, 0.3) is 0 Å². The molecule has 0 aromatic heterocycles. The Morgan fingerprint density at radius 1 is 1.09 bits per heavy atom. The Bertz CT molecular complexity index is 1230. The molecule has 3 aliphatic rings. The van der Waals surface area contributed by atoms with E-state index in [9.17, 15) is 19.2 Å². The zero-order chi connectivity index (χ0) is 23.7. The first-order chi connectivity index (χ1) is 15.7. The van der Waals surface area contributed by atoms with E-state index in [-0.39, 0.29) is 18.7 Å². The van der Waals surface area contributed by atoms with Crippen LogP contribution in [0.5, 0.6) is 0 Å². The molecular formula is C24H23ClN4O4. The number of carbonyl (C=O) groups excluding carboxylic acids is 4. The lowest BCUT2D eigenvalue weighted by Gasteiger charge is -2.29. The van der Waals surface area contributed by atoms with E-state index in [4.69, 9.17) is 17.3 Å². The normalized spacial score (nSPS) is 27.8. The highest BCUT2D eigenvalue weighted by Gasteiger charge is 2.70. The topological polar surface area (TPSA) is 122 Å². The summed E-state index contributed by atoms with van der Waals surface area (Å²) >= 11 is 6.28. The second-order valence-corrected chi connectivity index (χ2v) is 9.37. The van der Waals surface area contributed by atoms with Crippen LogP contribution in [0, 0.1) is 25.7 Å². The van der Waals surface area contributed by atoms with E-state index in [1.165, 1.54) is 4.90 Å². The molecule has 4 N–H and O–H groups in total. The van der Waals surface area contributed by atoms with Crippen molar-refractivity contribution < 1.29 is 19.2 Å². The summed E-state index contributed by atoms with van der Waals surface area (Å²) in [7, 11) is 0. The van der Waals surface area contributed by atoms with E-state index in [0.717, 1.165) is 5.56 Å². The minimum atomic E-state index is -1.44.